The average molecular weight is 272 g/mol. The molecule has 0 bridgehead atoms. The van der Waals surface area contributed by atoms with Gasteiger partial charge >= 0.3 is 0 Å². The Morgan fingerprint density at radius 3 is 2.45 bits per heavy atom. The average Bonchev–Trinajstić information content (AvgIpc) is 2.48. The summed E-state index contributed by atoms with van der Waals surface area (Å²) < 4.78 is 0. The number of nitrogens with zero attached hydrogens (tertiary/aromatic N) is 2. The summed E-state index contributed by atoms with van der Waals surface area (Å²) in [5, 5.41) is 3.16. The van der Waals surface area contributed by atoms with Crippen LogP contribution in [0, 0.1) is 0 Å². The van der Waals surface area contributed by atoms with Crippen molar-refractivity contribution in [3.8, 4) is 0 Å². The van der Waals surface area contributed by atoms with Crippen LogP contribution < -0.4 is 22.3 Å². The second-order valence-electron chi connectivity index (χ2n) is 4.55. The number of unbranched alkanes of at least 4 members (excludes halogenated alkanes) is 1. The molecule has 0 aliphatic heterocycles. The molecular weight excluding hydrogens is 252 g/mol. The molecule has 1 aromatic carbocycles. The lowest BCUT2D eigenvalue weighted by Crippen LogP contribution is -2.12. The van der Waals surface area contributed by atoms with E-state index in [9.17, 15) is 0 Å². The van der Waals surface area contributed by atoms with Crippen molar-refractivity contribution in [2.24, 2.45) is 5.84 Å². The van der Waals surface area contributed by atoms with Gasteiger partial charge in [0.25, 0.3) is 0 Å². The molecule has 0 aliphatic rings. The maximum Gasteiger partial charge on any atom is 0.168 e. The van der Waals surface area contributed by atoms with Gasteiger partial charge in [0.2, 0.25) is 0 Å². The molecule has 1 heterocycles. The molecule has 2 aromatic rings. The van der Waals surface area contributed by atoms with Gasteiger partial charge in [0.1, 0.15) is 12.0 Å². The number of nitrogen functional groups attached to an aromatic ring is 2. The van der Waals surface area contributed by atoms with E-state index >= 15 is 0 Å². The molecule has 0 radical (unpaired) electrons. The fourth-order valence-corrected chi connectivity index (χ4v) is 1.88. The molecule has 2 rings (SSSR count). The molecule has 0 atom stereocenters. The number of nitrogens with one attached hydrogen (secondary N) is 2. The third-order valence-electron chi connectivity index (χ3n) is 3.06. The molecule has 1 aromatic heterocycles. The monoisotopic (exact) mass is 272 g/mol. The molecule has 0 aliphatic carbocycles. The first-order valence-electron chi connectivity index (χ1n) is 6.67. The van der Waals surface area contributed by atoms with E-state index in [2.05, 4.69) is 39.8 Å². The first-order chi connectivity index (χ1) is 9.74. The Hall–Kier alpha value is -2.34. The zero-order chi connectivity index (χ0) is 14.4. The second-order valence-corrected chi connectivity index (χ2v) is 4.55. The molecule has 106 valence electrons. The van der Waals surface area contributed by atoms with Crippen molar-refractivity contribution in [2.45, 2.75) is 26.2 Å². The number of rotatable bonds is 6. The van der Waals surface area contributed by atoms with Crippen molar-refractivity contribution in [1.82, 2.24) is 9.97 Å². The molecule has 0 unspecified atom stereocenters. The molecule has 0 saturated carbocycles. The summed E-state index contributed by atoms with van der Waals surface area (Å²) in [7, 11) is 0. The minimum atomic E-state index is 0.394. The van der Waals surface area contributed by atoms with Gasteiger partial charge in [0.15, 0.2) is 11.6 Å². The molecule has 0 amide bonds. The van der Waals surface area contributed by atoms with E-state index in [1.807, 2.05) is 12.1 Å². The van der Waals surface area contributed by atoms with Crippen LogP contribution in [0.1, 0.15) is 25.3 Å². The van der Waals surface area contributed by atoms with Gasteiger partial charge < -0.3 is 16.5 Å². The Labute approximate surface area is 118 Å². The first-order valence-corrected chi connectivity index (χ1v) is 6.67. The molecule has 6 nitrogen and oxygen atoms in total. The maximum atomic E-state index is 5.91. The highest BCUT2D eigenvalue weighted by molar-refractivity contribution is 5.77. The summed E-state index contributed by atoms with van der Waals surface area (Å²) in [5.74, 6) is 6.27. The SMILES string of the molecule is CCCCc1ccc(Nc2ncnc(NN)c2N)cc1. The molecule has 6 heteroatoms. The third-order valence-corrected chi connectivity index (χ3v) is 3.06. The Kier molecular flexibility index (Phi) is 4.73. The van der Waals surface area contributed by atoms with Crippen LogP contribution in [0.2, 0.25) is 0 Å². The molecule has 20 heavy (non-hydrogen) atoms. The summed E-state index contributed by atoms with van der Waals surface area (Å²) >= 11 is 0. The number of benzene rings is 1. The van der Waals surface area contributed by atoms with E-state index in [-0.39, 0.29) is 0 Å². The van der Waals surface area contributed by atoms with Crippen molar-refractivity contribution < 1.29 is 0 Å². The van der Waals surface area contributed by atoms with Gasteiger partial charge in [-0.1, -0.05) is 25.5 Å². The van der Waals surface area contributed by atoms with E-state index in [0.29, 0.717) is 17.3 Å². The number of aryl methyl sites for hydroxylation is 1. The largest absolute Gasteiger partial charge is 0.393 e. The molecule has 0 spiro atoms. The van der Waals surface area contributed by atoms with Crippen molar-refractivity contribution in [3.05, 3.63) is 36.2 Å². The molecule has 6 N–H and O–H groups in total. The summed E-state index contributed by atoms with van der Waals surface area (Å²) in [4.78, 5) is 8.05. The first kappa shape index (κ1) is 14.1. The number of aromatic nitrogens is 2. The topological polar surface area (TPSA) is 102 Å². The highest BCUT2D eigenvalue weighted by Gasteiger charge is 2.06. The number of hydrogen-bond donors (Lipinski definition) is 4. The standard InChI is InChI=1S/C14H20N6/c1-2-3-4-10-5-7-11(8-6-10)19-13-12(15)14(20-16)18-9-17-13/h5-9H,2-4,15-16H2,1H3,(H2,17,18,19,20). The Balaban J connectivity index is 2.10. The fraction of sp³-hybridized carbons (Fsp3) is 0.286. The van der Waals surface area contributed by atoms with Crippen LogP contribution in [-0.4, -0.2) is 9.97 Å². The normalized spacial score (nSPS) is 10.3. The predicted octanol–water partition coefficient (Wildman–Crippen LogP) is 2.43. The molecule has 0 saturated heterocycles. The summed E-state index contributed by atoms with van der Waals surface area (Å²) in [6.45, 7) is 2.19. The fourth-order valence-electron chi connectivity index (χ4n) is 1.88. The highest BCUT2D eigenvalue weighted by Crippen LogP contribution is 2.25. The van der Waals surface area contributed by atoms with Gasteiger partial charge in [0.05, 0.1) is 0 Å². The lowest BCUT2D eigenvalue weighted by molar-refractivity contribution is 0.795. The molecule has 0 fully saturated rings. The highest BCUT2D eigenvalue weighted by atomic mass is 15.3. The van der Waals surface area contributed by atoms with E-state index in [1.165, 1.54) is 24.7 Å². The lowest BCUT2D eigenvalue weighted by Gasteiger charge is -2.11. The van der Waals surface area contributed by atoms with Gasteiger partial charge in [-0.3, -0.25) is 0 Å². The van der Waals surface area contributed by atoms with Crippen LogP contribution in [-0.2, 0) is 6.42 Å². The maximum absolute atomic E-state index is 5.91. The number of hydrogen-bond acceptors (Lipinski definition) is 6. The Bertz CT molecular complexity index is 552. The van der Waals surface area contributed by atoms with Crippen LogP contribution in [0.3, 0.4) is 0 Å². The third kappa shape index (κ3) is 3.36. The Morgan fingerprint density at radius 1 is 1.10 bits per heavy atom. The van der Waals surface area contributed by atoms with Crippen molar-refractivity contribution in [2.75, 3.05) is 16.5 Å². The van der Waals surface area contributed by atoms with Gasteiger partial charge in [-0.05, 0) is 30.5 Å². The van der Waals surface area contributed by atoms with Crippen LogP contribution in [0.5, 0.6) is 0 Å². The minimum absolute atomic E-state index is 0.394. The number of nitrogens with two attached hydrogens (primary N) is 2. The smallest absolute Gasteiger partial charge is 0.168 e. The second kappa shape index (κ2) is 6.72. The van der Waals surface area contributed by atoms with Crippen LogP contribution in [0.15, 0.2) is 30.6 Å². The zero-order valence-corrected chi connectivity index (χ0v) is 11.6. The van der Waals surface area contributed by atoms with Gasteiger partial charge in [-0.25, -0.2) is 15.8 Å². The quantitative estimate of drug-likeness (QED) is 0.476. The summed E-state index contributed by atoms with van der Waals surface area (Å²) in [5.41, 5.74) is 11.0. The predicted molar refractivity (Wildman–Crippen MR) is 82.6 cm³/mol. The van der Waals surface area contributed by atoms with Crippen molar-refractivity contribution in [3.63, 3.8) is 0 Å². The number of anilines is 4. The summed E-state index contributed by atoms with van der Waals surface area (Å²) in [6.07, 6.45) is 4.92. The van der Waals surface area contributed by atoms with Crippen LogP contribution in [0.25, 0.3) is 0 Å². The zero-order valence-electron chi connectivity index (χ0n) is 11.6. The Morgan fingerprint density at radius 2 is 1.80 bits per heavy atom. The number of hydrazine groups is 1. The van der Waals surface area contributed by atoms with Crippen LogP contribution in [0.4, 0.5) is 23.0 Å². The lowest BCUT2D eigenvalue weighted by atomic mass is 10.1. The van der Waals surface area contributed by atoms with Crippen molar-refractivity contribution in [1.29, 1.82) is 0 Å². The van der Waals surface area contributed by atoms with Crippen LogP contribution >= 0.6 is 0 Å². The van der Waals surface area contributed by atoms with Crippen molar-refractivity contribution >= 4 is 23.0 Å². The summed E-state index contributed by atoms with van der Waals surface area (Å²) in [6, 6.07) is 8.25. The van der Waals surface area contributed by atoms with E-state index in [4.69, 9.17) is 11.6 Å². The minimum Gasteiger partial charge on any atom is -0.393 e. The molecular formula is C14H20N6. The van der Waals surface area contributed by atoms with E-state index < -0.39 is 0 Å². The van der Waals surface area contributed by atoms with Gasteiger partial charge in [-0.15, -0.1) is 0 Å². The van der Waals surface area contributed by atoms with E-state index in [0.717, 1.165) is 12.1 Å². The van der Waals surface area contributed by atoms with E-state index in [1.54, 1.807) is 0 Å². The van der Waals surface area contributed by atoms with Gasteiger partial charge in [-0.2, -0.15) is 0 Å². The van der Waals surface area contributed by atoms with Gasteiger partial charge in [0, 0.05) is 5.69 Å².